The molecular weight excluding hydrogens is 290 g/mol. The molecule has 4 nitrogen and oxygen atoms in total. The predicted molar refractivity (Wildman–Crippen MR) is 86.6 cm³/mol. The number of fused-ring (bicyclic) bond motifs is 1. The number of ether oxygens (including phenoxy) is 2. The first-order chi connectivity index (χ1) is 11.3. The van der Waals surface area contributed by atoms with Crippen LogP contribution in [0.3, 0.4) is 0 Å². The molecule has 1 fully saturated rings. The fourth-order valence-corrected chi connectivity index (χ4v) is 3.09. The highest BCUT2D eigenvalue weighted by molar-refractivity contribution is 5.82. The number of carbonyl (C=O) groups is 1. The average molecular weight is 309 g/mol. The summed E-state index contributed by atoms with van der Waals surface area (Å²) in [5.74, 6) is 1.77. The summed E-state index contributed by atoms with van der Waals surface area (Å²) in [6.07, 6.45) is 1.36. The van der Waals surface area contributed by atoms with Gasteiger partial charge in [0.25, 0.3) is 5.91 Å². The highest BCUT2D eigenvalue weighted by Gasteiger charge is 2.37. The second-order valence-electron chi connectivity index (χ2n) is 6.05. The van der Waals surface area contributed by atoms with Crippen LogP contribution in [0.1, 0.15) is 12.0 Å². The maximum absolute atomic E-state index is 12.5. The first kappa shape index (κ1) is 14.1. The van der Waals surface area contributed by atoms with Crippen molar-refractivity contribution in [1.82, 2.24) is 4.90 Å². The number of nitrogens with zero attached hydrogens (tertiary/aromatic N) is 1. The highest BCUT2D eigenvalue weighted by atomic mass is 16.5. The number of para-hydroxylation sites is 2. The van der Waals surface area contributed by atoms with Gasteiger partial charge in [-0.1, -0.05) is 36.4 Å². The van der Waals surface area contributed by atoms with Crippen molar-refractivity contribution in [3.8, 4) is 11.5 Å². The van der Waals surface area contributed by atoms with Gasteiger partial charge in [0.1, 0.15) is 17.6 Å². The first-order valence-electron chi connectivity index (χ1n) is 8.04. The molecule has 0 N–H and O–H groups in total. The van der Waals surface area contributed by atoms with E-state index in [1.54, 1.807) is 0 Å². The molecule has 1 atom stereocenters. The third-order valence-corrected chi connectivity index (χ3v) is 4.40. The number of rotatable bonds is 3. The zero-order valence-electron chi connectivity index (χ0n) is 12.9. The molecule has 0 aliphatic carbocycles. The van der Waals surface area contributed by atoms with Crippen LogP contribution in [0.5, 0.6) is 11.5 Å². The van der Waals surface area contributed by atoms with E-state index in [0.717, 1.165) is 24.3 Å². The van der Waals surface area contributed by atoms with Gasteiger partial charge < -0.3 is 14.4 Å². The number of carbonyl (C=O) groups excluding carboxylic acids is 1. The molecule has 1 amide bonds. The summed E-state index contributed by atoms with van der Waals surface area (Å²) in [6.45, 7) is 1.27. The van der Waals surface area contributed by atoms with Crippen LogP contribution in [0.25, 0.3) is 0 Å². The fraction of sp³-hybridized carbons (Fsp3) is 0.316. The quantitative estimate of drug-likeness (QED) is 0.875. The monoisotopic (exact) mass is 309 g/mol. The number of hydrogen-bond donors (Lipinski definition) is 0. The molecule has 0 saturated carbocycles. The standard InChI is InChI=1S/C19H19NO3/c21-19(18-11-10-14-6-4-5-9-17(14)23-18)20-12-16(13-20)22-15-7-2-1-3-8-15/h1-9,16,18H,10-13H2. The van der Waals surface area contributed by atoms with Crippen molar-refractivity contribution in [2.24, 2.45) is 0 Å². The molecule has 2 heterocycles. The van der Waals surface area contributed by atoms with Gasteiger partial charge in [-0.3, -0.25) is 4.79 Å². The maximum Gasteiger partial charge on any atom is 0.263 e. The molecule has 0 spiro atoms. The van der Waals surface area contributed by atoms with Crippen LogP contribution >= 0.6 is 0 Å². The lowest BCUT2D eigenvalue weighted by molar-refractivity contribution is -0.148. The molecule has 23 heavy (non-hydrogen) atoms. The molecule has 1 saturated heterocycles. The van der Waals surface area contributed by atoms with E-state index in [2.05, 4.69) is 6.07 Å². The summed E-state index contributed by atoms with van der Waals surface area (Å²) in [5, 5.41) is 0. The van der Waals surface area contributed by atoms with Crippen LogP contribution in [0.4, 0.5) is 0 Å². The normalized spacial score (nSPS) is 20.2. The van der Waals surface area contributed by atoms with E-state index >= 15 is 0 Å². The minimum absolute atomic E-state index is 0.0763. The third-order valence-electron chi connectivity index (χ3n) is 4.40. The largest absolute Gasteiger partial charge is 0.487 e. The predicted octanol–water partition coefficient (Wildman–Crippen LogP) is 2.67. The van der Waals surface area contributed by atoms with Gasteiger partial charge in [-0.15, -0.1) is 0 Å². The lowest BCUT2D eigenvalue weighted by atomic mass is 10.0. The Bertz CT molecular complexity index is 695. The molecule has 2 aliphatic heterocycles. The van der Waals surface area contributed by atoms with Gasteiger partial charge in [0.05, 0.1) is 13.1 Å². The molecule has 0 bridgehead atoms. The van der Waals surface area contributed by atoms with Crippen LogP contribution in [0.15, 0.2) is 54.6 Å². The summed E-state index contributed by atoms with van der Waals surface area (Å²) in [6, 6.07) is 17.7. The lowest BCUT2D eigenvalue weighted by Crippen LogP contribution is -2.59. The van der Waals surface area contributed by atoms with Gasteiger partial charge in [-0.2, -0.15) is 0 Å². The second kappa shape index (κ2) is 5.95. The van der Waals surface area contributed by atoms with Crippen LogP contribution < -0.4 is 9.47 Å². The molecule has 118 valence electrons. The second-order valence-corrected chi connectivity index (χ2v) is 6.05. The Hall–Kier alpha value is -2.49. The Morgan fingerprint density at radius 1 is 1.04 bits per heavy atom. The number of amides is 1. The minimum atomic E-state index is -0.359. The van der Waals surface area contributed by atoms with Crippen LogP contribution in [-0.4, -0.2) is 36.1 Å². The van der Waals surface area contributed by atoms with E-state index in [1.165, 1.54) is 5.56 Å². The third kappa shape index (κ3) is 2.89. The molecule has 2 aromatic rings. The van der Waals surface area contributed by atoms with E-state index < -0.39 is 0 Å². The topological polar surface area (TPSA) is 38.8 Å². The van der Waals surface area contributed by atoms with Crippen molar-refractivity contribution in [3.05, 3.63) is 60.2 Å². The Labute approximate surface area is 135 Å². The summed E-state index contributed by atoms with van der Waals surface area (Å²) < 4.78 is 11.7. The summed E-state index contributed by atoms with van der Waals surface area (Å²) in [5.41, 5.74) is 1.19. The van der Waals surface area contributed by atoms with E-state index in [0.29, 0.717) is 13.1 Å². The summed E-state index contributed by atoms with van der Waals surface area (Å²) in [7, 11) is 0. The van der Waals surface area contributed by atoms with Crippen molar-refractivity contribution >= 4 is 5.91 Å². The van der Waals surface area contributed by atoms with E-state index in [1.807, 2.05) is 53.4 Å². The van der Waals surface area contributed by atoms with Crippen molar-refractivity contribution < 1.29 is 14.3 Å². The maximum atomic E-state index is 12.5. The highest BCUT2D eigenvalue weighted by Crippen LogP contribution is 2.29. The van der Waals surface area contributed by atoms with Gasteiger partial charge in [-0.05, 0) is 36.6 Å². The number of hydrogen-bond acceptors (Lipinski definition) is 3. The molecular formula is C19H19NO3. The number of aryl methyl sites for hydroxylation is 1. The van der Waals surface area contributed by atoms with E-state index in [-0.39, 0.29) is 18.1 Å². The van der Waals surface area contributed by atoms with Crippen molar-refractivity contribution in [1.29, 1.82) is 0 Å². The van der Waals surface area contributed by atoms with Crippen molar-refractivity contribution in [2.45, 2.75) is 25.0 Å². The molecule has 4 rings (SSSR count). The lowest BCUT2D eigenvalue weighted by Gasteiger charge is -2.41. The molecule has 2 aliphatic rings. The van der Waals surface area contributed by atoms with E-state index in [4.69, 9.17) is 9.47 Å². The smallest absolute Gasteiger partial charge is 0.263 e. The minimum Gasteiger partial charge on any atom is -0.487 e. The zero-order chi connectivity index (χ0) is 15.6. The van der Waals surface area contributed by atoms with Gasteiger partial charge in [0.2, 0.25) is 0 Å². The van der Waals surface area contributed by atoms with Crippen molar-refractivity contribution in [2.75, 3.05) is 13.1 Å². The van der Waals surface area contributed by atoms with Gasteiger partial charge in [0, 0.05) is 0 Å². The van der Waals surface area contributed by atoms with E-state index in [9.17, 15) is 4.79 Å². The number of likely N-dealkylation sites (tertiary alicyclic amines) is 1. The van der Waals surface area contributed by atoms with Gasteiger partial charge in [0.15, 0.2) is 6.10 Å². The number of benzene rings is 2. The average Bonchev–Trinajstić information content (AvgIpc) is 2.57. The first-order valence-corrected chi connectivity index (χ1v) is 8.04. The Kier molecular flexibility index (Phi) is 3.66. The zero-order valence-corrected chi connectivity index (χ0v) is 12.9. The van der Waals surface area contributed by atoms with Gasteiger partial charge >= 0.3 is 0 Å². The van der Waals surface area contributed by atoms with Crippen LogP contribution in [0.2, 0.25) is 0 Å². The molecule has 1 unspecified atom stereocenters. The molecule has 2 aromatic carbocycles. The Balaban J connectivity index is 1.32. The Morgan fingerprint density at radius 3 is 2.61 bits per heavy atom. The van der Waals surface area contributed by atoms with Crippen LogP contribution in [0, 0.1) is 0 Å². The summed E-state index contributed by atoms with van der Waals surface area (Å²) >= 11 is 0. The Morgan fingerprint density at radius 2 is 1.78 bits per heavy atom. The fourth-order valence-electron chi connectivity index (χ4n) is 3.09. The van der Waals surface area contributed by atoms with Crippen LogP contribution in [-0.2, 0) is 11.2 Å². The molecule has 0 aromatic heterocycles. The SMILES string of the molecule is O=C(C1CCc2ccccc2O1)N1CC(Oc2ccccc2)C1. The molecule has 4 heteroatoms. The van der Waals surface area contributed by atoms with Gasteiger partial charge in [-0.25, -0.2) is 0 Å². The molecule has 0 radical (unpaired) electrons. The van der Waals surface area contributed by atoms with Crippen molar-refractivity contribution in [3.63, 3.8) is 0 Å². The summed E-state index contributed by atoms with van der Waals surface area (Å²) in [4.78, 5) is 14.4.